The van der Waals surface area contributed by atoms with E-state index in [2.05, 4.69) is 20.6 Å². The van der Waals surface area contributed by atoms with Crippen LogP contribution < -0.4 is 10.6 Å². The molecule has 0 fully saturated rings. The Labute approximate surface area is 217 Å². The summed E-state index contributed by atoms with van der Waals surface area (Å²) in [6.45, 7) is -1.70. The van der Waals surface area contributed by atoms with E-state index in [1.165, 1.54) is 0 Å². The van der Waals surface area contributed by atoms with Crippen LogP contribution in [0.15, 0.2) is 73.1 Å². The van der Waals surface area contributed by atoms with E-state index in [1.54, 1.807) is 60.7 Å². The molecule has 0 spiro atoms. The third-order valence-corrected chi connectivity index (χ3v) is 5.12. The van der Waals surface area contributed by atoms with Crippen LogP contribution in [0.25, 0.3) is 0 Å². The predicted molar refractivity (Wildman–Crippen MR) is 131 cm³/mol. The minimum Gasteiger partial charge on any atom is -0.459 e. The van der Waals surface area contributed by atoms with Crippen molar-refractivity contribution >= 4 is 23.8 Å². The Hall–Kier alpha value is -4.68. The summed E-state index contributed by atoms with van der Waals surface area (Å²) in [7, 11) is 0. The second-order valence-corrected chi connectivity index (χ2v) is 7.86. The number of amides is 2. The summed E-state index contributed by atoms with van der Waals surface area (Å²) in [6, 6.07) is 14.7. The van der Waals surface area contributed by atoms with E-state index in [9.17, 15) is 29.4 Å². The maximum absolute atomic E-state index is 12.8. The van der Waals surface area contributed by atoms with Crippen LogP contribution in [0.5, 0.6) is 0 Å². The average molecular weight is 523 g/mol. The van der Waals surface area contributed by atoms with Gasteiger partial charge in [0.05, 0.1) is 13.2 Å². The molecule has 3 aromatic rings. The fourth-order valence-corrected chi connectivity index (χ4v) is 3.14. The van der Waals surface area contributed by atoms with Gasteiger partial charge in [0.1, 0.15) is 13.2 Å². The molecular weight excluding hydrogens is 496 g/mol. The van der Waals surface area contributed by atoms with Crippen LogP contribution in [0.3, 0.4) is 0 Å². The first-order valence-corrected chi connectivity index (χ1v) is 11.5. The van der Waals surface area contributed by atoms with Crippen molar-refractivity contribution < 1.29 is 38.9 Å². The number of carbonyl (C=O) groups excluding carboxylic acids is 4. The zero-order valence-corrected chi connectivity index (χ0v) is 20.1. The van der Waals surface area contributed by atoms with Crippen molar-refractivity contribution in [3.8, 4) is 0 Å². The van der Waals surface area contributed by atoms with Crippen LogP contribution >= 0.6 is 0 Å². The summed E-state index contributed by atoms with van der Waals surface area (Å²) in [5, 5.41) is 23.7. The molecule has 1 unspecified atom stereocenters. The van der Waals surface area contributed by atoms with Gasteiger partial charge in [0.25, 0.3) is 11.8 Å². The van der Waals surface area contributed by atoms with Gasteiger partial charge in [-0.05, 0) is 11.1 Å². The molecule has 38 heavy (non-hydrogen) atoms. The first kappa shape index (κ1) is 27.9. The number of nitrogens with one attached hydrogen (secondary N) is 2. The maximum atomic E-state index is 12.8. The molecule has 0 radical (unpaired) electrons. The Morgan fingerprint density at radius 3 is 1.37 bits per heavy atom. The molecule has 3 rings (SSSR count). The molecule has 1 aromatic heterocycles. The van der Waals surface area contributed by atoms with Crippen molar-refractivity contribution in [2.45, 2.75) is 25.3 Å². The minimum atomic E-state index is -1.44. The van der Waals surface area contributed by atoms with E-state index in [0.29, 0.717) is 11.1 Å². The lowest BCUT2D eigenvalue weighted by molar-refractivity contribution is -0.149. The topological polar surface area (TPSA) is 177 Å². The summed E-state index contributed by atoms with van der Waals surface area (Å²) in [4.78, 5) is 58.0. The smallest absolute Gasteiger partial charge is 0.331 e. The highest BCUT2D eigenvalue weighted by atomic mass is 16.5. The average Bonchev–Trinajstić information content (AvgIpc) is 2.96. The summed E-state index contributed by atoms with van der Waals surface area (Å²) >= 11 is 0. The largest absolute Gasteiger partial charge is 0.459 e. The number of nitrogens with zero attached hydrogens (tertiary/aromatic N) is 2. The summed E-state index contributed by atoms with van der Waals surface area (Å²) < 4.78 is 10.3. The molecular formula is C26H26N4O8. The monoisotopic (exact) mass is 522 g/mol. The lowest BCUT2D eigenvalue weighted by atomic mass is 10.2. The van der Waals surface area contributed by atoms with Gasteiger partial charge in [-0.15, -0.1) is 0 Å². The molecule has 0 aliphatic heterocycles. The van der Waals surface area contributed by atoms with E-state index < -0.39 is 60.4 Å². The van der Waals surface area contributed by atoms with Crippen molar-refractivity contribution in [1.82, 2.24) is 20.6 Å². The Bertz CT molecular complexity index is 1140. The number of aliphatic hydroxyl groups excluding tert-OH is 2. The number of benzene rings is 2. The van der Waals surface area contributed by atoms with Gasteiger partial charge < -0.3 is 30.3 Å². The Morgan fingerprint density at radius 1 is 0.658 bits per heavy atom. The highest BCUT2D eigenvalue weighted by molar-refractivity contribution is 6.06. The number of ether oxygens (including phenoxy) is 2. The zero-order chi connectivity index (χ0) is 27.3. The Balaban J connectivity index is 1.62. The number of hydrogen-bond donors (Lipinski definition) is 4. The van der Waals surface area contributed by atoms with E-state index in [-0.39, 0.29) is 13.2 Å². The van der Waals surface area contributed by atoms with E-state index in [0.717, 1.165) is 12.4 Å². The van der Waals surface area contributed by atoms with Crippen LogP contribution in [0.1, 0.15) is 32.1 Å². The molecule has 198 valence electrons. The number of carbonyl (C=O) groups is 4. The van der Waals surface area contributed by atoms with Crippen molar-refractivity contribution in [3.05, 3.63) is 95.6 Å². The van der Waals surface area contributed by atoms with Crippen molar-refractivity contribution in [1.29, 1.82) is 0 Å². The van der Waals surface area contributed by atoms with Gasteiger partial charge in [0.15, 0.2) is 23.5 Å². The summed E-state index contributed by atoms with van der Waals surface area (Å²) in [5.74, 6) is -3.79. The van der Waals surface area contributed by atoms with Gasteiger partial charge in [-0.2, -0.15) is 0 Å². The lowest BCUT2D eigenvalue weighted by Gasteiger charge is -2.17. The molecule has 4 N–H and O–H groups in total. The lowest BCUT2D eigenvalue weighted by Crippen LogP contribution is -2.47. The normalized spacial score (nSPS) is 12.1. The van der Waals surface area contributed by atoms with Crippen molar-refractivity contribution in [2.75, 3.05) is 13.2 Å². The molecule has 12 nitrogen and oxygen atoms in total. The van der Waals surface area contributed by atoms with Crippen LogP contribution in [-0.4, -0.2) is 69.2 Å². The molecule has 0 saturated heterocycles. The fraction of sp³-hybridized carbons (Fsp3) is 0.231. The zero-order valence-electron chi connectivity index (χ0n) is 20.1. The van der Waals surface area contributed by atoms with Crippen molar-refractivity contribution in [3.63, 3.8) is 0 Å². The summed E-state index contributed by atoms with van der Waals surface area (Å²) in [5.41, 5.74) is 0.456. The standard InChI is InChI=1S/C26H26N4O8/c31-13-19(25(35)37-15-17-7-3-1-4-8-17)29-23(33)21-22(28-12-11-27-21)24(34)30-20(14-32)26(36)38-16-18-9-5-2-6-10-18/h1-12,19-20,31-32H,13-16H2,(H,29,33)(H,30,34)/t19-,20?/m1/s1. The number of hydrogen-bond acceptors (Lipinski definition) is 10. The van der Waals surface area contributed by atoms with Gasteiger partial charge >= 0.3 is 11.9 Å². The quantitative estimate of drug-likeness (QED) is 0.239. The second kappa shape index (κ2) is 14.2. The molecule has 2 aromatic carbocycles. The van der Waals surface area contributed by atoms with E-state index >= 15 is 0 Å². The van der Waals surface area contributed by atoms with Gasteiger partial charge in [-0.3, -0.25) is 9.59 Å². The van der Waals surface area contributed by atoms with Crippen LogP contribution in [0, 0.1) is 0 Å². The Kier molecular flexibility index (Phi) is 10.4. The van der Waals surface area contributed by atoms with Gasteiger partial charge in [-0.1, -0.05) is 60.7 Å². The first-order chi connectivity index (χ1) is 18.4. The molecule has 2 atom stereocenters. The van der Waals surface area contributed by atoms with E-state index in [4.69, 9.17) is 9.47 Å². The van der Waals surface area contributed by atoms with Gasteiger partial charge in [-0.25, -0.2) is 19.6 Å². The molecule has 1 heterocycles. The maximum Gasteiger partial charge on any atom is 0.331 e. The molecule has 0 saturated carbocycles. The molecule has 0 aliphatic rings. The van der Waals surface area contributed by atoms with Crippen LogP contribution in [0.2, 0.25) is 0 Å². The highest BCUT2D eigenvalue weighted by Gasteiger charge is 2.29. The fourth-order valence-electron chi connectivity index (χ4n) is 3.14. The molecule has 0 aliphatic carbocycles. The number of aromatic nitrogens is 2. The Morgan fingerprint density at radius 2 is 1.03 bits per heavy atom. The van der Waals surface area contributed by atoms with Gasteiger partial charge in [0.2, 0.25) is 0 Å². The SMILES string of the molecule is O=C(NC(CO)C(=O)OCc1ccccc1)c1nccnc1C(=O)N[C@H](CO)C(=O)OCc1ccccc1. The molecule has 0 bridgehead atoms. The summed E-state index contributed by atoms with van der Waals surface area (Å²) in [6.07, 6.45) is 2.29. The van der Waals surface area contributed by atoms with Gasteiger partial charge in [0, 0.05) is 12.4 Å². The number of rotatable bonds is 12. The first-order valence-electron chi connectivity index (χ1n) is 11.5. The van der Waals surface area contributed by atoms with Crippen LogP contribution in [0.4, 0.5) is 0 Å². The highest BCUT2D eigenvalue weighted by Crippen LogP contribution is 2.07. The van der Waals surface area contributed by atoms with Crippen LogP contribution in [-0.2, 0) is 32.3 Å². The molecule has 12 heteroatoms. The van der Waals surface area contributed by atoms with E-state index in [1.807, 2.05) is 0 Å². The minimum absolute atomic E-state index is 0.0756. The van der Waals surface area contributed by atoms with Crippen molar-refractivity contribution in [2.24, 2.45) is 0 Å². The predicted octanol–water partition coefficient (Wildman–Crippen LogP) is 0.145. The third-order valence-electron chi connectivity index (χ3n) is 5.12. The number of aliphatic hydroxyl groups is 2. The number of esters is 2. The second-order valence-electron chi connectivity index (χ2n) is 7.86. The third kappa shape index (κ3) is 7.91. The molecule has 2 amide bonds.